The second kappa shape index (κ2) is 3.37. The zero-order valence-corrected chi connectivity index (χ0v) is 7.23. The van der Waals surface area contributed by atoms with Gasteiger partial charge in [-0.05, 0) is 6.92 Å². The molecule has 0 aromatic rings. The zero-order chi connectivity index (χ0) is 6.78. The molecule has 0 aliphatic heterocycles. The maximum Gasteiger partial charge on any atom is 0.298 e. The normalized spacial score (nSPS) is 16.1. The molecule has 1 unspecified atom stereocenters. The fraction of sp³-hybridized carbons (Fsp3) is 1.00. The average Bonchev–Trinajstić information content (AvgIpc) is 1.21. The molecule has 0 aromatic carbocycles. The number of ether oxygens (including phenoxy) is 1. The Hall–Kier alpha value is 1.18. The van der Waals surface area contributed by atoms with Crippen molar-refractivity contribution in [2.75, 3.05) is 0 Å². The Morgan fingerprint density at radius 2 is 1.88 bits per heavy atom. The molecule has 0 aliphatic carbocycles. The first-order valence-electron chi connectivity index (χ1n) is 1.84. The molecule has 50 valence electrons. The molecule has 0 saturated heterocycles. The van der Waals surface area contributed by atoms with Crippen LogP contribution in [0.2, 0.25) is 0 Å². The van der Waals surface area contributed by atoms with Crippen LogP contribution in [0.5, 0.6) is 0 Å². The lowest BCUT2D eigenvalue weighted by molar-refractivity contribution is 0.121. The standard InChI is InChI=1S/C3H5Cl3OS/c1-2(8)7-3(4,5)6/h2,8H,1H3. The Kier molecular flexibility index (Phi) is 3.87. The van der Waals surface area contributed by atoms with Crippen LogP contribution in [0, 0.1) is 0 Å². The van der Waals surface area contributed by atoms with Crippen molar-refractivity contribution in [2.24, 2.45) is 0 Å². The van der Waals surface area contributed by atoms with Gasteiger partial charge in [-0.1, -0.05) is 34.8 Å². The fourth-order valence-corrected chi connectivity index (χ4v) is 0.939. The van der Waals surface area contributed by atoms with Crippen molar-refractivity contribution in [3.05, 3.63) is 0 Å². The summed E-state index contributed by atoms with van der Waals surface area (Å²) in [7, 11) is 0. The van der Waals surface area contributed by atoms with Crippen LogP contribution in [0.25, 0.3) is 0 Å². The molecule has 0 rings (SSSR count). The van der Waals surface area contributed by atoms with E-state index in [1.807, 2.05) is 0 Å². The van der Waals surface area contributed by atoms with E-state index in [1.54, 1.807) is 6.92 Å². The second-order valence-electron chi connectivity index (χ2n) is 1.16. The van der Waals surface area contributed by atoms with Crippen molar-refractivity contribution in [2.45, 2.75) is 16.3 Å². The Bertz CT molecular complexity index is 69.4. The van der Waals surface area contributed by atoms with Crippen LogP contribution >= 0.6 is 47.4 Å². The zero-order valence-electron chi connectivity index (χ0n) is 4.07. The summed E-state index contributed by atoms with van der Waals surface area (Å²) in [6.07, 6.45) is 0. The molecule has 1 nitrogen and oxygen atoms in total. The third-order valence-electron chi connectivity index (χ3n) is 0.304. The van der Waals surface area contributed by atoms with Crippen LogP contribution in [-0.2, 0) is 4.74 Å². The number of thiol groups is 1. The monoisotopic (exact) mass is 194 g/mol. The predicted octanol–water partition coefficient (Wildman–Crippen LogP) is 2.61. The lowest BCUT2D eigenvalue weighted by atomic mass is 10.9. The molecule has 0 amide bonds. The van der Waals surface area contributed by atoms with Gasteiger partial charge in [-0.15, -0.1) is 12.6 Å². The van der Waals surface area contributed by atoms with Crippen LogP contribution in [0.3, 0.4) is 0 Å². The number of alkyl halides is 3. The van der Waals surface area contributed by atoms with E-state index in [9.17, 15) is 0 Å². The van der Waals surface area contributed by atoms with Crippen LogP contribution < -0.4 is 0 Å². The van der Waals surface area contributed by atoms with Gasteiger partial charge in [0.25, 0.3) is 3.98 Å². The molecule has 0 N–H and O–H groups in total. The molecule has 5 heteroatoms. The second-order valence-corrected chi connectivity index (χ2v) is 4.07. The molecule has 8 heavy (non-hydrogen) atoms. The molecule has 0 aromatic heterocycles. The topological polar surface area (TPSA) is 9.23 Å². The van der Waals surface area contributed by atoms with Crippen molar-refractivity contribution in [3.8, 4) is 0 Å². The summed E-state index contributed by atoms with van der Waals surface area (Å²) < 4.78 is 2.96. The van der Waals surface area contributed by atoms with Crippen LogP contribution in [0.1, 0.15) is 6.92 Å². The quantitative estimate of drug-likeness (QED) is 0.384. The molecular formula is C3H5Cl3OS. The highest BCUT2D eigenvalue weighted by molar-refractivity contribution is 7.80. The number of halogens is 3. The highest BCUT2D eigenvalue weighted by Crippen LogP contribution is 2.29. The van der Waals surface area contributed by atoms with Gasteiger partial charge >= 0.3 is 0 Å². The molecule has 0 spiro atoms. The predicted molar refractivity (Wildman–Crippen MR) is 39.8 cm³/mol. The van der Waals surface area contributed by atoms with E-state index in [1.165, 1.54) is 0 Å². The van der Waals surface area contributed by atoms with Crippen LogP contribution in [0.15, 0.2) is 0 Å². The lowest BCUT2D eigenvalue weighted by Gasteiger charge is -2.13. The summed E-state index contributed by atoms with van der Waals surface area (Å²) in [5.41, 5.74) is -0.359. The third-order valence-corrected chi connectivity index (χ3v) is 0.677. The Morgan fingerprint density at radius 1 is 1.50 bits per heavy atom. The maximum atomic E-state index is 5.19. The largest absolute Gasteiger partial charge is 0.321 e. The van der Waals surface area contributed by atoms with Gasteiger partial charge in [0, 0.05) is 0 Å². The van der Waals surface area contributed by atoms with E-state index in [0.29, 0.717) is 0 Å². The first-order valence-corrected chi connectivity index (χ1v) is 3.49. The molecule has 0 fully saturated rings. The van der Waals surface area contributed by atoms with E-state index in [2.05, 4.69) is 17.4 Å². The summed E-state index contributed by atoms with van der Waals surface area (Å²) in [6.45, 7) is 1.66. The summed E-state index contributed by atoms with van der Waals surface area (Å²) in [5, 5.41) is 0. The summed E-state index contributed by atoms with van der Waals surface area (Å²) in [5.74, 6) is 0. The summed E-state index contributed by atoms with van der Waals surface area (Å²) in [4.78, 5) is 0. The van der Waals surface area contributed by atoms with Crippen LogP contribution in [-0.4, -0.2) is 9.41 Å². The molecule has 0 radical (unpaired) electrons. The van der Waals surface area contributed by atoms with Crippen molar-refractivity contribution in [3.63, 3.8) is 0 Å². The van der Waals surface area contributed by atoms with Gasteiger partial charge in [0.05, 0.1) is 0 Å². The van der Waals surface area contributed by atoms with Gasteiger partial charge in [-0.3, -0.25) is 0 Å². The number of hydrogen-bond acceptors (Lipinski definition) is 2. The van der Waals surface area contributed by atoms with Crippen molar-refractivity contribution in [1.29, 1.82) is 0 Å². The van der Waals surface area contributed by atoms with E-state index >= 15 is 0 Å². The van der Waals surface area contributed by atoms with Gasteiger partial charge in [-0.25, -0.2) is 0 Å². The molecule has 0 saturated carbocycles. The SMILES string of the molecule is CC(S)OC(Cl)(Cl)Cl. The van der Waals surface area contributed by atoms with E-state index < -0.39 is 3.98 Å². The van der Waals surface area contributed by atoms with Gasteiger partial charge in [0.15, 0.2) is 0 Å². The van der Waals surface area contributed by atoms with Crippen molar-refractivity contribution in [1.82, 2.24) is 0 Å². The molecule has 0 heterocycles. The minimum Gasteiger partial charge on any atom is -0.321 e. The van der Waals surface area contributed by atoms with E-state index in [0.717, 1.165) is 0 Å². The first kappa shape index (κ1) is 9.18. The average molecular weight is 195 g/mol. The fourth-order valence-electron chi connectivity index (χ4n) is 0.193. The van der Waals surface area contributed by atoms with Gasteiger partial charge in [0.2, 0.25) is 0 Å². The molecule has 0 bridgehead atoms. The Balaban J connectivity index is 3.39. The highest BCUT2D eigenvalue weighted by Gasteiger charge is 2.21. The van der Waals surface area contributed by atoms with Gasteiger partial charge < -0.3 is 4.74 Å². The maximum absolute atomic E-state index is 5.19. The number of rotatable bonds is 1. The highest BCUT2D eigenvalue weighted by atomic mass is 35.6. The van der Waals surface area contributed by atoms with Gasteiger partial charge in [-0.2, -0.15) is 0 Å². The minimum atomic E-state index is -1.64. The summed E-state index contributed by atoms with van der Waals surface area (Å²) >= 11 is 19.4. The molecule has 0 aliphatic rings. The molecular weight excluding hydrogens is 190 g/mol. The number of hydrogen-bond donors (Lipinski definition) is 1. The van der Waals surface area contributed by atoms with E-state index in [4.69, 9.17) is 34.8 Å². The van der Waals surface area contributed by atoms with Crippen LogP contribution in [0.4, 0.5) is 0 Å². The van der Waals surface area contributed by atoms with Crippen molar-refractivity contribution < 1.29 is 4.74 Å². The smallest absolute Gasteiger partial charge is 0.298 e. The Morgan fingerprint density at radius 3 is 1.88 bits per heavy atom. The molecule has 1 atom stereocenters. The van der Waals surface area contributed by atoms with Gasteiger partial charge in [0.1, 0.15) is 5.44 Å². The Labute approximate surface area is 68.6 Å². The van der Waals surface area contributed by atoms with Crippen molar-refractivity contribution >= 4 is 47.4 Å². The first-order chi connectivity index (χ1) is 3.42. The lowest BCUT2D eigenvalue weighted by Crippen LogP contribution is -2.13. The summed E-state index contributed by atoms with van der Waals surface area (Å²) in [6, 6.07) is 0. The third kappa shape index (κ3) is 7.18. The minimum absolute atomic E-state index is 0.359. The van der Waals surface area contributed by atoms with E-state index in [-0.39, 0.29) is 5.44 Å².